The summed E-state index contributed by atoms with van der Waals surface area (Å²) in [4.78, 5) is 52.2. The highest BCUT2D eigenvalue weighted by Crippen LogP contribution is 2.36. The van der Waals surface area contributed by atoms with E-state index in [1.807, 2.05) is 27.7 Å². The van der Waals surface area contributed by atoms with Crippen molar-refractivity contribution in [3.63, 3.8) is 0 Å². The van der Waals surface area contributed by atoms with Gasteiger partial charge in [0.15, 0.2) is 12.2 Å². The van der Waals surface area contributed by atoms with E-state index in [4.69, 9.17) is 18.9 Å². The van der Waals surface area contributed by atoms with E-state index in [2.05, 4.69) is 0 Å². The molecule has 2 saturated heterocycles. The Hall–Kier alpha value is -2.16. The van der Waals surface area contributed by atoms with Crippen LogP contribution >= 0.6 is 0 Å². The first-order valence-electron chi connectivity index (χ1n) is 11.4. The van der Waals surface area contributed by atoms with Crippen molar-refractivity contribution in [3.05, 3.63) is 0 Å². The largest absolute Gasteiger partial charge is 0.455 e. The molecule has 0 bridgehead atoms. The van der Waals surface area contributed by atoms with Gasteiger partial charge in [0, 0.05) is 6.42 Å². The summed E-state index contributed by atoms with van der Waals surface area (Å²) in [5.41, 5.74) is -1.83. The second kappa shape index (κ2) is 9.24. The molecule has 188 valence electrons. The second-order valence-electron chi connectivity index (χ2n) is 12.1. The van der Waals surface area contributed by atoms with E-state index in [1.165, 1.54) is 0 Å². The van der Waals surface area contributed by atoms with Gasteiger partial charge in [0.25, 0.3) is 0 Å². The van der Waals surface area contributed by atoms with Gasteiger partial charge in [0.1, 0.15) is 6.04 Å². The van der Waals surface area contributed by atoms with Crippen molar-refractivity contribution < 1.29 is 38.1 Å². The number of fused-ring (bicyclic) bond motifs is 1. The van der Waals surface area contributed by atoms with E-state index in [-0.39, 0.29) is 24.4 Å². The average molecular weight is 470 g/mol. The molecule has 0 aliphatic carbocycles. The molecule has 0 N–H and O–H groups in total. The van der Waals surface area contributed by atoms with Crippen molar-refractivity contribution in [2.75, 3.05) is 6.61 Å². The summed E-state index contributed by atoms with van der Waals surface area (Å²) < 4.78 is 22.4. The molecule has 2 amide bonds. The summed E-state index contributed by atoms with van der Waals surface area (Å²) in [6.45, 7) is 18.0. The van der Waals surface area contributed by atoms with Gasteiger partial charge in [0.2, 0.25) is 12.2 Å². The molecule has 2 aliphatic rings. The number of rotatable bonds is 4. The van der Waals surface area contributed by atoms with Gasteiger partial charge in [-0.15, -0.1) is 0 Å². The molecule has 0 saturated carbocycles. The molecule has 0 spiro atoms. The molecule has 0 aromatic carbocycles. The molecule has 0 radical (unpaired) electrons. The lowest BCUT2D eigenvalue weighted by atomic mass is 9.80. The molecule has 0 aromatic heterocycles. The molecular weight excluding hydrogens is 430 g/mol. The Labute approximate surface area is 196 Å². The van der Waals surface area contributed by atoms with Gasteiger partial charge in [0.05, 0.1) is 17.4 Å². The summed E-state index contributed by atoms with van der Waals surface area (Å²) in [6.07, 6.45) is -4.02. The first-order chi connectivity index (χ1) is 14.8. The lowest BCUT2D eigenvalue weighted by molar-refractivity contribution is -0.227. The molecule has 9 nitrogen and oxygen atoms in total. The van der Waals surface area contributed by atoms with Crippen LogP contribution < -0.4 is 0 Å². The molecular formula is C24H39NO8. The Balaban J connectivity index is 2.39. The van der Waals surface area contributed by atoms with E-state index in [9.17, 15) is 19.2 Å². The minimum atomic E-state index is -1.12. The summed E-state index contributed by atoms with van der Waals surface area (Å²) in [7, 11) is 0. The number of carbonyl (C=O) groups excluding carboxylic acids is 4. The van der Waals surface area contributed by atoms with E-state index in [1.54, 1.807) is 41.5 Å². The molecule has 0 unspecified atom stereocenters. The first-order valence-corrected chi connectivity index (χ1v) is 11.4. The van der Waals surface area contributed by atoms with Crippen LogP contribution in [0.25, 0.3) is 0 Å². The smallest absolute Gasteiger partial charge is 0.419 e. The summed E-state index contributed by atoms with van der Waals surface area (Å²) >= 11 is 0. The number of nitrogens with zero attached hydrogens (tertiary/aromatic N) is 1. The van der Waals surface area contributed by atoms with Gasteiger partial charge in [-0.3, -0.25) is 14.4 Å². The Kier molecular flexibility index (Phi) is 7.58. The maximum atomic E-state index is 13.2. The number of ether oxygens (including phenoxy) is 4. The quantitative estimate of drug-likeness (QED) is 0.453. The number of carbonyl (C=O) groups is 4. The zero-order valence-electron chi connectivity index (χ0n) is 21.5. The molecule has 9 heteroatoms. The monoisotopic (exact) mass is 469 g/mol. The summed E-state index contributed by atoms with van der Waals surface area (Å²) in [5.74, 6) is -1.57. The fourth-order valence-corrected chi connectivity index (χ4v) is 3.20. The fraction of sp³-hybridized carbons (Fsp3) is 0.833. The van der Waals surface area contributed by atoms with E-state index in [0.717, 1.165) is 4.90 Å². The van der Waals surface area contributed by atoms with E-state index >= 15 is 0 Å². The minimum Gasteiger partial charge on any atom is -0.455 e. The third kappa shape index (κ3) is 6.25. The highest BCUT2D eigenvalue weighted by Gasteiger charge is 2.58. The number of hydrogen-bond donors (Lipinski definition) is 0. The molecule has 2 rings (SSSR count). The maximum absolute atomic E-state index is 13.2. The Bertz CT molecular complexity index is 786. The molecule has 2 heterocycles. The topological polar surface area (TPSA) is 108 Å². The van der Waals surface area contributed by atoms with Crippen LogP contribution in [-0.2, 0) is 33.3 Å². The molecule has 5 atom stereocenters. The van der Waals surface area contributed by atoms with E-state index in [0.29, 0.717) is 0 Å². The fourth-order valence-electron chi connectivity index (χ4n) is 3.20. The van der Waals surface area contributed by atoms with Gasteiger partial charge in [-0.1, -0.05) is 27.7 Å². The van der Waals surface area contributed by atoms with Crippen molar-refractivity contribution in [2.45, 2.75) is 100 Å². The van der Waals surface area contributed by atoms with Gasteiger partial charge < -0.3 is 18.9 Å². The lowest BCUT2D eigenvalue weighted by Gasteiger charge is -2.40. The van der Waals surface area contributed by atoms with Crippen molar-refractivity contribution in [1.29, 1.82) is 0 Å². The highest BCUT2D eigenvalue weighted by molar-refractivity contribution is 5.94. The third-order valence-electron chi connectivity index (χ3n) is 6.07. The lowest BCUT2D eigenvalue weighted by Crippen LogP contribution is -2.61. The molecule has 2 aliphatic heterocycles. The van der Waals surface area contributed by atoms with Crippen LogP contribution in [0.2, 0.25) is 0 Å². The van der Waals surface area contributed by atoms with Gasteiger partial charge >= 0.3 is 18.0 Å². The normalized spacial score (nSPS) is 26.8. The summed E-state index contributed by atoms with van der Waals surface area (Å²) in [5, 5.41) is 0. The van der Waals surface area contributed by atoms with Crippen LogP contribution in [0.15, 0.2) is 0 Å². The number of hydrogen-bond acceptors (Lipinski definition) is 8. The zero-order valence-corrected chi connectivity index (χ0v) is 21.5. The van der Waals surface area contributed by atoms with Crippen LogP contribution in [0.3, 0.4) is 0 Å². The first kappa shape index (κ1) is 27.1. The standard InChI is InChI=1S/C24H39NO8/c1-13(22(2,3)4)11-15(26)25-16-17(32-20(28)24(8,9)10)14(31-19(27)23(5,6)7)12-30-18(16)33-21(25)29/h13-14,16-18H,11-12H2,1-10H3/t13-,14-,16+,17-,18+/m1/s1. The van der Waals surface area contributed by atoms with Crippen molar-refractivity contribution in [1.82, 2.24) is 4.90 Å². The van der Waals surface area contributed by atoms with Crippen molar-refractivity contribution in [3.8, 4) is 0 Å². The van der Waals surface area contributed by atoms with Gasteiger partial charge in [-0.25, -0.2) is 9.69 Å². The van der Waals surface area contributed by atoms with Gasteiger partial charge in [-0.2, -0.15) is 0 Å². The van der Waals surface area contributed by atoms with Gasteiger partial charge in [-0.05, 0) is 52.9 Å². The van der Waals surface area contributed by atoms with Crippen LogP contribution in [0, 0.1) is 22.2 Å². The SMILES string of the molecule is C[C@H](CC(=O)N1C(=O)O[C@@H]2OC[C@@H](OC(=O)C(C)(C)C)[C@@H](OC(=O)C(C)(C)C)[C@@H]21)C(C)(C)C. The number of imide groups is 1. The predicted molar refractivity (Wildman–Crippen MR) is 119 cm³/mol. The van der Waals surface area contributed by atoms with Crippen molar-refractivity contribution >= 4 is 23.9 Å². The minimum absolute atomic E-state index is 0.0357. The predicted octanol–water partition coefficient (Wildman–Crippen LogP) is 3.68. The van der Waals surface area contributed by atoms with Crippen LogP contribution in [0.4, 0.5) is 4.79 Å². The number of amides is 2. The van der Waals surface area contributed by atoms with Crippen molar-refractivity contribution in [2.24, 2.45) is 22.2 Å². The average Bonchev–Trinajstić information content (AvgIpc) is 2.97. The number of esters is 2. The summed E-state index contributed by atoms with van der Waals surface area (Å²) in [6, 6.07) is -1.06. The Morgan fingerprint density at radius 3 is 1.97 bits per heavy atom. The van der Waals surface area contributed by atoms with Crippen LogP contribution in [0.1, 0.15) is 75.7 Å². The highest BCUT2D eigenvalue weighted by atomic mass is 16.7. The Morgan fingerprint density at radius 2 is 1.48 bits per heavy atom. The molecule has 0 aromatic rings. The van der Waals surface area contributed by atoms with Crippen LogP contribution in [-0.4, -0.2) is 60.0 Å². The zero-order chi connectivity index (χ0) is 25.5. The van der Waals surface area contributed by atoms with E-state index < -0.39 is 59.3 Å². The Morgan fingerprint density at radius 1 is 0.970 bits per heavy atom. The maximum Gasteiger partial charge on any atom is 0.419 e. The second-order valence-corrected chi connectivity index (χ2v) is 12.1. The third-order valence-corrected chi connectivity index (χ3v) is 6.07. The molecule has 33 heavy (non-hydrogen) atoms. The van der Waals surface area contributed by atoms with Crippen LogP contribution in [0.5, 0.6) is 0 Å². The molecule has 2 fully saturated rings.